The normalized spacial score (nSPS) is 17.5. The fraction of sp³-hybridized carbons (Fsp3) is 0.368. The summed E-state index contributed by atoms with van der Waals surface area (Å²) in [6.07, 6.45) is 0.773. The Kier molecular flexibility index (Phi) is 5.05. The number of ether oxygens (including phenoxy) is 1. The zero-order valence-electron chi connectivity index (χ0n) is 15.3. The number of morpholine rings is 1. The van der Waals surface area contributed by atoms with E-state index in [0.717, 1.165) is 29.8 Å². The highest BCUT2D eigenvalue weighted by Gasteiger charge is 2.28. The van der Waals surface area contributed by atoms with Gasteiger partial charge in [0.1, 0.15) is 0 Å². The summed E-state index contributed by atoms with van der Waals surface area (Å²) in [5.74, 6) is 0. The molecule has 28 heavy (non-hydrogen) atoms. The van der Waals surface area contributed by atoms with Crippen LogP contribution in [0.15, 0.2) is 47.4 Å². The Hall–Kier alpha value is -2.49. The number of hydrogen-bond donors (Lipinski definition) is 0. The first-order valence-electron chi connectivity index (χ1n) is 9.14. The summed E-state index contributed by atoms with van der Waals surface area (Å²) in [6, 6.07) is 11.8. The fourth-order valence-corrected chi connectivity index (χ4v) is 5.11. The third-order valence-electron chi connectivity index (χ3n) is 5.17. The standard InChI is InChI=1S/C19H21N3O5S/c23-22(24)17-3-1-15(2-4-17)14-20-8-7-16-13-18(5-6-19(16)20)28(25,26)21-9-11-27-12-10-21/h1-6,13H,7-12,14H2. The molecule has 0 bridgehead atoms. The third-order valence-corrected chi connectivity index (χ3v) is 7.07. The molecule has 2 aromatic rings. The van der Waals surface area contributed by atoms with E-state index in [0.29, 0.717) is 37.7 Å². The van der Waals surface area contributed by atoms with Crippen LogP contribution in [0.4, 0.5) is 11.4 Å². The number of benzene rings is 2. The highest BCUT2D eigenvalue weighted by molar-refractivity contribution is 7.89. The van der Waals surface area contributed by atoms with Crippen molar-refractivity contribution in [3.05, 3.63) is 63.7 Å². The quantitative estimate of drug-likeness (QED) is 0.561. The van der Waals surface area contributed by atoms with Crippen molar-refractivity contribution in [3.8, 4) is 0 Å². The minimum Gasteiger partial charge on any atom is -0.379 e. The molecule has 2 aliphatic heterocycles. The van der Waals surface area contributed by atoms with Crippen LogP contribution < -0.4 is 4.90 Å². The Labute approximate surface area is 163 Å². The summed E-state index contributed by atoms with van der Waals surface area (Å²) in [5.41, 5.74) is 3.07. The van der Waals surface area contributed by atoms with Crippen LogP contribution in [0.1, 0.15) is 11.1 Å². The molecule has 2 aromatic carbocycles. The van der Waals surface area contributed by atoms with Gasteiger partial charge >= 0.3 is 0 Å². The molecule has 0 saturated carbocycles. The first kappa shape index (κ1) is 18.9. The molecular formula is C19H21N3O5S. The van der Waals surface area contributed by atoms with Gasteiger partial charge in [-0.05, 0) is 35.7 Å². The monoisotopic (exact) mass is 403 g/mol. The second-order valence-corrected chi connectivity index (χ2v) is 8.84. The van der Waals surface area contributed by atoms with Crippen molar-refractivity contribution < 1.29 is 18.1 Å². The Balaban J connectivity index is 1.52. The molecule has 1 fully saturated rings. The molecule has 0 atom stereocenters. The van der Waals surface area contributed by atoms with E-state index < -0.39 is 14.9 Å². The Morgan fingerprint density at radius 1 is 1.04 bits per heavy atom. The fourth-order valence-electron chi connectivity index (χ4n) is 3.65. The molecule has 0 amide bonds. The van der Waals surface area contributed by atoms with Crippen LogP contribution in [0.3, 0.4) is 0 Å². The lowest BCUT2D eigenvalue weighted by atomic mass is 10.1. The SMILES string of the molecule is O=[N+]([O-])c1ccc(CN2CCc3cc(S(=O)(=O)N4CCOCC4)ccc32)cc1. The zero-order valence-corrected chi connectivity index (χ0v) is 16.1. The summed E-state index contributed by atoms with van der Waals surface area (Å²) in [5, 5.41) is 10.8. The van der Waals surface area contributed by atoms with E-state index >= 15 is 0 Å². The smallest absolute Gasteiger partial charge is 0.269 e. The summed E-state index contributed by atoms with van der Waals surface area (Å²) in [7, 11) is -3.50. The average molecular weight is 403 g/mol. The average Bonchev–Trinajstić information content (AvgIpc) is 3.11. The van der Waals surface area contributed by atoms with Gasteiger partial charge in [0.05, 0.1) is 23.0 Å². The van der Waals surface area contributed by atoms with Crippen molar-refractivity contribution in [1.29, 1.82) is 0 Å². The molecule has 0 aliphatic carbocycles. The molecule has 0 aromatic heterocycles. The van der Waals surface area contributed by atoms with E-state index in [4.69, 9.17) is 4.74 Å². The van der Waals surface area contributed by atoms with E-state index in [-0.39, 0.29) is 5.69 Å². The maximum atomic E-state index is 12.8. The second kappa shape index (κ2) is 7.50. The third kappa shape index (κ3) is 3.60. The molecule has 0 unspecified atom stereocenters. The predicted molar refractivity (Wildman–Crippen MR) is 104 cm³/mol. The van der Waals surface area contributed by atoms with Crippen LogP contribution in [0, 0.1) is 10.1 Å². The molecule has 0 spiro atoms. The van der Waals surface area contributed by atoms with Gasteiger partial charge in [-0.1, -0.05) is 12.1 Å². The van der Waals surface area contributed by atoms with E-state index in [9.17, 15) is 18.5 Å². The van der Waals surface area contributed by atoms with Crippen LogP contribution in [-0.2, 0) is 27.7 Å². The number of rotatable bonds is 5. The maximum absolute atomic E-state index is 12.8. The molecule has 0 radical (unpaired) electrons. The largest absolute Gasteiger partial charge is 0.379 e. The van der Waals surface area contributed by atoms with Crippen molar-refractivity contribution in [2.24, 2.45) is 0 Å². The van der Waals surface area contributed by atoms with Gasteiger partial charge in [-0.2, -0.15) is 4.31 Å². The van der Waals surface area contributed by atoms with Crippen LogP contribution in [0.25, 0.3) is 0 Å². The van der Waals surface area contributed by atoms with Crippen molar-refractivity contribution in [3.63, 3.8) is 0 Å². The van der Waals surface area contributed by atoms with Crippen LogP contribution >= 0.6 is 0 Å². The molecule has 0 N–H and O–H groups in total. The highest BCUT2D eigenvalue weighted by Crippen LogP contribution is 2.32. The lowest BCUT2D eigenvalue weighted by Crippen LogP contribution is -2.40. The van der Waals surface area contributed by atoms with Gasteiger partial charge in [0.2, 0.25) is 10.0 Å². The summed E-state index contributed by atoms with van der Waals surface area (Å²) in [4.78, 5) is 12.9. The molecule has 1 saturated heterocycles. The Morgan fingerprint density at radius 2 is 1.75 bits per heavy atom. The first-order chi connectivity index (χ1) is 13.4. The highest BCUT2D eigenvalue weighted by atomic mass is 32.2. The molecule has 2 heterocycles. The zero-order chi connectivity index (χ0) is 19.7. The van der Waals surface area contributed by atoms with Gasteiger partial charge in [-0.15, -0.1) is 0 Å². The van der Waals surface area contributed by atoms with E-state index in [1.54, 1.807) is 24.3 Å². The van der Waals surface area contributed by atoms with Crippen molar-refractivity contribution in [2.75, 3.05) is 37.7 Å². The predicted octanol–water partition coefficient (Wildman–Crippen LogP) is 2.18. The number of nitro groups is 1. The van der Waals surface area contributed by atoms with Gasteiger partial charge < -0.3 is 9.64 Å². The maximum Gasteiger partial charge on any atom is 0.269 e. The van der Waals surface area contributed by atoms with Gasteiger partial charge in [-0.3, -0.25) is 10.1 Å². The number of nitro benzene ring substituents is 1. The molecule has 4 rings (SSSR count). The number of hydrogen-bond acceptors (Lipinski definition) is 6. The Morgan fingerprint density at radius 3 is 2.43 bits per heavy atom. The van der Waals surface area contributed by atoms with Gasteiger partial charge in [0.25, 0.3) is 5.69 Å². The molecule has 8 nitrogen and oxygen atoms in total. The lowest BCUT2D eigenvalue weighted by molar-refractivity contribution is -0.384. The Bertz CT molecular complexity index is 985. The molecular weight excluding hydrogens is 382 g/mol. The first-order valence-corrected chi connectivity index (χ1v) is 10.6. The van der Waals surface area contributed by atoms with E-state index in [2.05, 4.69) is 4.90 Å². The van der Waals surface area contributed by atoms with Crippen LogP contribution in [-0.4, -0.2) is 50.5 Å². The summed E-state index contributed by atoms with van der Waals surface area (Å²) < 4.78 is 32.4. The molecule has 148 valence electrons. The minimum absolute atomic E-state index is 0.0727. The lowest BCUT2D eigenvalue weighted by Gasteiger charge is -2.26. The van der Waals surface area contributed by atoms with Crippen LogP contribution in [0.2, 0.25) is 0 Å². The topological polar surface area (TPSA) is 93.0 Å². The van der Waals surface area contributed by atoms with Crippen LogP contribution in [0.5, 0.6) is 0 Å². The van der Waals surface area contributed by atoms with Crippen molar-refractivity contribution >= 4 is 21.4 Å². The minimum atomic E-state index is -3.50. The van der Waals surface area contributed by atoms with E-state index in [1.165, 1.54) is 16.4 Å². The van der Waals surface area contributed by atoms with Gasteiger partial charge in [0, 0.05) is 44.0 Å². The van der Waals surface area contributed by atoms with Gasteiger partial charge in [-0.25, -0.2) is 8.42 Å². The number of fused-ring (bicyclic) bond motifs is 1. The second-order valence-electron chi connectivity index (χ2n) is 6.90. The van der Waals surface area contributed by atoms with Crippen molar-refractivity contribution in [2.45, 2.75) is 17.9 Å². The van der Waals surface area contributed by atoms with Gasteiger partial charge in [0.15, 0.2) is 0 Å². The van der Waals surface area contributed by atoms with Crippen molar-refractivity contribution in [1.82, 2.24) is 4.31 Å². The summed E-state index contributed by atoms with van der Waals surface area (Å²) >= 11 is 0. The van der Waals surface area contributed by atoms with E-state index in [1.807, 2.05) is 6.07 Å². The molecule has 2 aliphatic rings. The number of sulfonamides is 1. The number of anilines is 1. The number of non-ortho nitro benzene ring substituents is 1. The molecule has 9 heteroatoms. The number of nitrogens with zero attached hydrogens (tertiary/aromatic N) is 3. The summed E-state index contributed by atoms with van der Waals surface area (Å²) in [6.45, 7) is 3.02.